The Bertz CT molecular complexity index is 348. The summed E-state index contributed by atoms with van der Waals surface area (Å²) in [5.41, 5.74) is 0. The molecule has 1 unspecified atom stereocenters. The largest absolute Gasteiger partial charge is 0.490 e. The fourth-order valence-corrected chi connectivity index (χ4v) is 2.38. The summed E-state index contributed by atoms with van der Waals surface area (Å²) in [7, 11) is 0. The van der Waals surface area contributed by atoms with Crippen LogP contribution in [-0.4, -0.2) is 19.2 Å². The summed E-state index contributed by atoms with van der Waals surface area (Å²) in [6.45, 7) is 5.70. The average Bonchev–Trinajstić information content (AvgIpc) is 2.22. The zero-order chi connectivity index (χ0) is 12.8. The summed E-state index contributed by atoms with van der Waals surface area (Å²) in [4.78, 5) is 0. The van der Waals surface area contributed by atoms with E-state index in [0.717, 1.165) is 13.0 Å². The Kier molecular flexibility index (Phi) is 6.42. The molecule has 0 aliphatic heterocycles. The van der Waals surface area contributed by atoms with Crippen molar-refractivity contribution in [1.82, 2.24) is 5.32 Å². The van der Waals surface area contributed by atoms with Crippen molar-refractivity contribution in [3.63, 3.8) is 0 Å². The van der Waals surface area contributed by atoms with Crippen molar-refractivity contribution in [3.8, 4) is 5.75 Å². The summed E-state index contributed by atoms with van der Waals surface area (Å²) < 4.78 is 5.58. The van der Waals surface area contributed by atoms with Gasteiger partial charge in [-0.2, -0.15) is 0 Å². The topological polar surface area (TPSA) is 21.3 Å². The molecule has 0 aliphatic rings. The zero-order valence-electron chi connectivity index (χ0n) is 9.90. The van der Waals surface area contributed by atoms with Crippen LogP contribution in [0.15, 0.2) is 12.1 Å². The lowest BCUT2D eigenvalue weighted by molar-refractivity contribution is 0.291. The van der Waals surface area contributed by atoms with Crippen LogP contribution in [-0.2, 0) is 0 Å². The van der Waals surface area contributed by atoms with Gasteiger partial charge in [-0.15, -0.1) is 0 Å². The molecule has 0 aliphatic carbocycles. The summed E-state index contributed by atoms with van der Waals surface area (Å²) in [5, 5.41) is 4.70. The molecule has 0 aromatic heterocycles. The van der Waals surface area contributed by atoms with Gasteiger partial charge in [0.15, 0.2) is 5.75 Å². The van der Waals surface area contributed by atoms with E-state index < -0.39 is 0 Å². The highest BCUT2D eigenvalue weighted by atomic mass is 35.5. The Hall–Kier alpha value is -0.150. The summed E-state index contributed by atoms with van der Waals surface area (Å²) >= 11 is 17.8. The molecule has 0 saturated carbocycles. The van der Waals surface area contributed by atoms with E-state index >= 15 is 0 Å². The standard InChI is InChI=1S/C12H16Cl3NO/c1-3-16-8(2)4-5-17-12-10(14)6-9(13)7-11(12)15/h6-8,16H,3-5H2,1-2H3. The van der Waals surface area contributed by atoms with Crippen molar-refractivity contribution in [2.45, 2.75) is 26.3 Å². The number of benzene rings is 1. The van der Waals surface area contributed by atoms with Crippen LogP contribution in [0.2, 0.25) is 15.1 Å². The Morgan fingerprint density at radius 2 is 1.82 bits per heavy atom. The number of hydrogen-bond donors (Lipinski definition) is 1. The van der Waals surface area contributed by atoms with Crippen LogP contribution >= 0.6 is 34.8 Å². The second-order valence-corrected chi connectivity index (χ2v) is 5.05. The lowest BCUT2D eigenvalue weighted by Gasteiger charge is -2.14. The van der Waals surface area contributed by atoms with E-state index in [9.17, 15) is 0 Å². The Morgan fingerprint density at radius 1 is 1.24 bits per heavy atom. The molecule has 5 heteroatoms. The van der Waals surface area contributed by atoms with Gasteiger partial charge >= 0.3 is 0 Å². The van der Waals surface area contributed by atoms with Crippen molar-refractivity contribution in [3.05, 3.63) is 27.2 Å². The fourth-order valence-electron chi connectivity index (χ4n) is 1.46. The van der Waals surface area contributed by atoms with Crippen LogP contribution in [0.25, 0.3) is 0 Å². The Morgan fingerprint density at radius 3 is 2.35 bits per heavy atom. The van der Waals surface area contributed by atoms with Crippen LogP contribution in [0.3, 0.4) is 0 Å². The average molecular weight is 297 g/mol. The van der Waals surface area contributed by atoms with E-state index in [1.165, 1.54) is 0 Å². The molecule has 0 saturated heterocycles. The first kappa shape index (κ1) is 14.9. The molecule has 2 nitrogen and oxygen atoms in total. The van der Waals surface area contributed by atoms with Gasteiger partial charge in [-0.1, -0.05) is 41.7 Å². The Labute approximate surface area is 117 Å². The van der Waals surface area contributed by atoms with E-state index in [0.29, 0.717) is 33.5 Å². The fraction of sp³-hybridized carbons (Fsp3) is 0.500. The molecule has 17 heavy (non-hydrogen) atoms. The van der Waals surface area contributed by atoms with Crippen LogP contribution in [0.5, 0.6) is 5.75 Å². The normalized spacial score (nSPS) is 12.5. The minimum atomic E-state index is 0.407. The highest BCUT2D eigenvalue weighted by Crippen LogP contribution is 2.35. The zero-order valence-corrected chi connectivity index (χ0v) is 12.2. The van der Waals surface area contributed by atoms with E-state index in [1.807, 2.05) is 0 Å². The van der Waals surface area contributed by atoms with E-state index in [4.69, 9.17) is 39.5 Å². The van der Waals surface area contributed by atoms with Crippen molar-refractivity contribution < 1.29 is 4.74 Å². The highest BCUT2D eigenvalue weighted by Gasteiger charge is 2.09. The quantitative estimate of drug-likeness (QED) is 0.839. The third-order valence-corrected chi connectivity index (χ3v) is 3.09. The van der Waals surface area contributed by atoms with Crippen LogP contribution in [0.1, 0.15) is 20.3 Å². The first-order valence-electron chi connectivity index (χ1n) is 5.55. The van der Waals surface area contributed by atoms with Gasteiger partial charge in [-0.05, 0) is 32.0 Å². The van der Waals surface area contributed by atoms with E-state index in [-0.39, 0.29) is 0 Å². The van der Waals surface area contributed by atoms with Crippen LogP contribution < -0.4 is 10.1 Å². The molecule has 0 bridgehead atoms. The van der Waals surface area contributed by atoms with Crippen LogP contribution in [0.4, 0.5) is 0 Å². The molecule has 1 aromatic rings. The molecule has 0 spiro atoms. The van der Waals surface area contributed by atoms with E-state index in [2.05, 4.69) is 19.2 Å². The maximum absolute atomic E-state index is 6.00. The number of nitrogens with one attached hydrogen (secondary N) is 1. The third-order valence-electron chi connectivity index (χ3n) is 2.31. The number of ether oxygens (including phenoxy) is 1. The first-order chi connectivity index (χ1) is 8.04. The monoisotopic (exact) mass is 295 g/mol. The van der Waals surface area contributed by atoms with Gasteiger partial charge in [-0.25, -0.2) is 0 Å². The third kappa shape index (κ3) is 4.92. The van der Waals surface area contributed by atoms with Gasteiger partial charge in [-0.3, -0.25) is 0 Å². The molecule has 0 amide bonds. The van der Waals surface area contributed by atoms with Crippen molar-refractivity contribution in [1.29, 1.82) is 0 Å². The molecule has 1 rings (SSSR count). The lowest BCUT2D eigenvalue weighted by atomic mass is 10.2. The van der Waals surface area contributed by atoms with Crippen molar-refractivity contribution in [2.24, 2.45) is 0 Å². The molecule has 1 N–H and O–H groups in total. The highest BCUT2D eigenvalue weighted by molar-refractivity contribution is 6.40. The lowest BCUT2D eigenvalue weighted by Crippen LogP contribution is -2.27. The van der Waals surface area contributed by atoms with Crippen molar-refractivity contribution >= 4 is 34.8 Å². The second kappa shape index (κ2) is 7.32. The van der Waals surface area contributed by atoms with Crippen LogP contribution in [0, 0.1) is 0 Å². The summed E-state index contributed by atoms with van der Waals surface area (Å²) in [6.07, 6.45) is 0.892. The van der Waals surface area contributed by atoms with Gasteiger partial charge in [0.25, 0.3) is 0 Å². The second-order valence-electron chi connectivity index (χ2n) is 3.79. The van der Waals surface area contributed by atoms with Crippen molar-refractivity contribution in [2.75, 3.05) is 13.2 Å². The number of halogens is 3. The molecule has 0 heterocycles. The molecule has 96 valence electrons. The summed E-state index contributed by atoms with van der Waals surface area (Å²) in [5.74, 6) is 0.501. The minimum absolute atomic E-state index is 0.407. The van der Waals surface area contributed by atoms with Gasteiger partial charge in [0.2, 0.25) is 0 Å². The predicted octanol–water partition coefficient (Wildman–Crippen LogP) is 4.41. The number of hydrogen-bond acceptors (Lipinski definition) is 2. The first-order valence-corrected chi connectivity index (χ1v) is 6.68. The molecular formula is C12H16Cl3NO. The molecule has 0 fully saturated rings. The van der Waals surface area contributed by atoms with Gasteiger partial charge < -0.3 is 10.1 Å². The summed E-state index contributed by atoms with van der Waals surface area (Å²) in [6, 6.07) is 3.65. The van der Waals surface area contributed by atoms with Gasteiger partial charge in [0.1, 0.15) is 0 Å². The maximum atomic E-state index is 6.00. The SMILES string of the molecule is CCNC(C)CCOc1c(Cl)cc(Cl)cc1Cl. The predicted molar refractivity (Wildman–Crippen MR) is 74.7 cm³/mol. The Balaban J connectivity index is 2.52. The smallest absolute Gasteiger partial charge is 0.156 e. The van der Waals surface area contributed by atoms with Gasteiger partial charge in [0.05, 0.1) is 16.7 Å². The van der Waals surface area contributed by atoms with Gasteiger partial charge in [0, 0.05) is 11.1 Å². The number of rotatable bonds is 6. The molecular weight excluding hydrogens is 280 g/mol. The molecule has 1 aromatic carbocycles. The molecule has 0 radical (unpaired) electrons. The minimum Gasteiger partial charge on any atom is -0.490 e. The van der Waals surface area contributed by atoms with E-state index in [1.54, 1.807) is 12.1 Å². The maximum Gasteiger partial charge on any atom is 0.156 e. The molecule has 1 atom stereocenters.